The predicted molar refractivity (Wildman–Crippen MR) is 95.8 cm³/mol. The van der Waals surface area contributed by atoms with E-state index < -0.39 is 0 Å². The Hall–Kier alpha value is -1.75. The lowest BCUT2D eigenvalue weighted by molar-refractivity contribution is -0.149. The maximum absolute atomic E-state index is 12.9. The molecule has 1 fully saturated rings. The third-order valence-electron chi connectivity index (χ3n) is 4.65. The van der Waals surface area contributed by atoms with Crippen molar-refractivity contribution in [2.75, 3.05) is 31.6 Å². The minimum Gasteiger partial charge on any atom is -0.466 e. The van der Waals surface area contributed by atoms with Gasteiger partial charge in [0, 0.05) is 30.9 Å². The van der Waals surface area contributed by atoms with Crippen LogP contribution in [-0.2, 0) is 16.0 Å². The SMILES string of the molecule is CCOC(=O)C1CCCN(C(=O)c2cccc3c2CCCN3)C1.Cl. The molecule has 0 bridgehead atoms. The molecule has 0 spiro atoms. The molecule has 2 aliphatic rings. The summed E-state index contributed by atoms with van der Waals surface area (Å²) in [6, 6.07) is 5.86. The van der Waals surface area contributed by atoms with E-state index in [2.05, 4.69) is 5.32 Å². The highest BCUT2D eigenvalue weighted by Gasteiger charge is 2.31. The van der Waals surface area contributed by atoms with E-state index in [-0.39, 0.29) is 30.2 Å². The second-order valence-electron chi connectivity index (χ2n) is 6.20. The van der Waals surface area contributed by atoms with Crippen LogP contribution in [0, 0.1) is 5.92 Å². The van der Waals surface area contributed by atoms with Crippen LogP contribution >= 0.6 is 12.4 Å². The van der Waals surface area contributed by atoms with E-state index in [4.69, 9.17) is 4.74 Å². The number of carbonyl (C=O) groups excluding carboxylic acids is 2. The van der Waals surface area contributed by atoms with Crippen LogP contribution in [-0.4, -0.2) is 43.0 Å². The summed E-state index contributed by atoms with van der Waals surface area (Å²) < 4.78 is 5.12. The number of esters is 1. The van der Waals surface area contributed by atoms with Crippen LogP contribution in [0.5, 0.6) is 0 Å². The molecular weight excluding hydrogens is 328 g/mol. The number of hydrogen-bond acceptors (Lipinski definition) is 4. The summed E-state index contributed by atoms with van der Waals surface area (Å²) in [6.45, 7) is 4.34. The smallest absolute Gasteiger partial charge is 0.310 e. The highest BCUT2D eigenvalue weighted by molar-refractivity contribution is 5.97. The zero-order valence-corrected chi connectivity index (χ0v) is 14.9. The second-order valence-corrected chi connectivity index (χ2v) is 6.20. The molecule has 0 aliphatic carbocycles. The van der Waals surface area contributed by atoms with E-state index in [1.54, 1.807) is 0 Å². The zero-order valence-electron chi connectivity index (χ0n) is 14.0. The zero-order chi connectivity index (χ0) is 16.2. The van der Waals surface area contributed by atoms with Crippen molar-refractivity contribution >= 4 is 30.0 Å². The molecule has 5 nitrogen and oxygen atoms in total. The molecule has 24 heavy (non-hydrogen) atoms. The number of anilines is 1. The van der Waals surface area contributed by atoms with Crippen molar-refractivity contribution in [3.63, 3.8) is 0 Å². The van der Waals surface area contributed by atoms with E-state index >= 15 is 0 Å². The Labute approximate surface area is 149 Å². The average Bonchev–Trinajstić information content (AvgIpc) is 2.61. The lowest BCUT2D eigenvalue weighted by Crippen LogP contribution is -2.43. The molecule has 1 amide bonds. The molecule has 2 heterocycles. The van der Waals surface area contributed by atoms with Crippen LogP contribution in [0.15, 0.2) is 18.2 Å². The maximum atomic E-state index is 12.9. The summed E-state index contributed by atoms with van der Waals surface area (Å²) in [5.41, 5.74) is 2.96. The van der Waals surface area contributed by atoms with E-state index in [1.807, 2.05) is 30.0 Å². The molecule has 1 aromatic carbocycles. The van der Waals surface area contributed by atoms with Gasteiger partial charge in [0.25, 0.3) is 5.91 Å². The molecule has 1 aromatic rings. The van der Waals surface area contributed by atoms with Crippen LogP contribution in [0.25, 0.3) is 0 Å². The molecule has 2 aliphatic heterocycles. The van der Waals surface area contributed by atoms with Gasteiger partial charge in [-0.3, -0.25) is 9.59 Å². The first-order chi connectivity index (χ1) is 11.2. The van der Waals surface area contributed by atoms with Gasteiger partial charge in [0.2, 0.25) is 0 Å². The lowest BCUT2D eigenvalue weighted by Gasteiger charge is -2.32. The highest BCUT2D eigenvalue weighted by atomic mass is 35.5. The predicted octanol–water partition coefficient (Wildman–Crippen LogP) is 2.88. The number of benzene rings is 1. The normalized spacial score (nSPS) is 19.5. The average molecular weight is 353 g/mol. The van der Waals surface area contributed by atoms with Gasteiger partial charge in [-0.05, 0) is 50.3 Å². The molecular formula is C18H25ClN2O3. The number of piperidine rings is 1. The Bertz CT molecular complexity index is 606. The van der Waals surface area contributed by atoms with Gasteiger partial charge in [0.05, 0.1) is 12.5 Å². The third kappa shape index (κ3) is 3.83. The molecule has 0 saturated carbocycles. The van der Waals surface area contributed by atoms with Gasteiger partial charge in [-0.25, -0.2) is 0 Å². The fourth-order valence-corrected chi connectivity index (χ4v) is 3.49. The van der Waals surface area contributed by atoms with Crippen molar-refractivity contribution in [1.82, 2.24) is 4.90 Å². The van der Waals surface area contributed by atoms with E-state index in [0.717, 1.165) is 49.0 Å². The number of ether oxygens (including phenoxy) is 1. The van der Waals surface area contributed by atoms with Crippen molar-refractivity contribution in [1.29, 1.82) is 0 Å². The van der Waals surface area contributed by atoms with Crippen molar-refractivity contribution in [2.45, 2.75) is 32.6 Å². The number of nitrogens with one attached hydrogen (secondary N) is 1. The Kier molecular flexibility index (Phi) is 6.49. The van der Waals surface area contributed by atoms with Crippen LogP contribution < -0.4 is 5.32 Å². The quantitative estimate of drug-likeness (QED) is 0.850. The number of carbonyl (C=O) groups is 2. The summed E-state index contributed by atoms with van der Waals surface area (Å²) in [5.74, 6) is -0.327. The van der Waals surface area contributed by atoms with Crippen molar-refractivity contribution < 1.29 is 14.3 Å². The lowest BCUT2D eigenvalue weighted by atomic mass is 9.94. The first-order valence-electron chi connectivity index (χ1n) is 8.52. The molecule has 6 heteroatoms. The molecule has 1 N–H and O–H groups in total. The Morgan fingerprint density at radius 2 is 2.17 bits per heavy atom. The largest absolute Gasteiger partial charge is 0.466 e. The molecule has 0 radical (unpaired) electrons. The van der Waals surface area contributed by atoms with Crippen molar-refractivity contribution in [3.8, 4) is 0 Å². The molecule has 1 saturated heterocycles. The summed E-state index contributed by atoms with van der Waals surface area (Å²) in [5, 5.41) is 3.36. The number of fused-ring (bicyclic) bond motifs is 1. The van der Waals surface area contributed by atoms with E-state index in [9.17, 15) is 9.59 Å². The van der Waals surface area contributed by atoms with Gasteiger partial charge >= 0.3 is 5.97 Å². The number of rotatable bonds is 3. The van der Waals surface area contributed by atoms with Gasteiger partial charge in [-0.1, -0.05) is 6.07 Å². The van der Waals surface area contributed by atoms with E-state index in [1.165, 1.54) is 0 Å². The van der Waals surface area contributed by atoms with Gasteiger partial charge in [-0.15, -0.1) is 12.4 Å². The molecule has 1 atom stereocenters. The fraction of sp³-hybridized carbons (Fsp3) is 0.556. The highest BCUT2D eigenvalue weighted by Crippen LogP contribution is 2.28. The number of amides is 1. The minimum atomic E-state index is -0.190. The summed E-state index contributed by atoms with van der Waals surface area (Å²) in [7, 11) is 0. The summed E-state index contributed by atoms with van der Waals surface area (Å²) >= 11 is 0. The standard InChI is InChI=1S/C18H24N2O3.ClH/c1-2-23-18(22)13-6-5-11-20(12-13)17(21)15-7-3-9-16-14(15)8-4-10-19-16;/h3,7,9,13,19H,2,4-6,8,10-12H2,1H3;1H. The summed E-state index contributed by atoms with van der Waals surface area (Å²) in [4.78, 5) is 26.7. The molecule has 132 valence electrons. The Morgan fingerprint density at radius 1 is 1.33 bits per heavy atom. The minimum absolute atomic E-state index is 0. The maximum Gasteiger partial charge on any atom is 0.310 e. The first-order valence-corrected chi connectivity index (χ1v) is 8.52. The number of likely N-dealkylation sites (tertiary alicyclic amines) is 1. The van der Waals surface area contributed by atoms with Crippen LogP contribution in [0.2, 0.25) is 0 Å². The number of hydrogen-bond donors (Lipinski definition) is 1. The number of nitrogens with zero attached hydrogens (tertiary/aromatic N) is 1. The Balaban J connectivity index is 0.00000208. The molecule has 3 rings (SSSR count). The third-order valence-corrected chi connectivity index (χ3v) is 4.65. The topological polar surface area (TPSA) is 58.6 Å². The van der Waals surface area contributed by atoms with Crippen LogP contribution in [0.4, 0.5) is 5.69 Å². The summed E-state index contributed by atoms with van der Waals surface area (Å²) in [6.07, 6.45) is 3.63. The molecule has 1 unspecified atom stereocenters. The van der Waals surface area contributed by atoms with Gasteiger partial charge < -0.3 is 15.0 Å². The van der Waals surface area contributed by atoms with Gasteiger partial charge in [0.15, 0.2) is 0 Å². The van der Waals surface area contributed by atoms with Crippen LogP contribution in [0.3, 0.4) is 0 Å². The van der Waals surface area contributed by atoms with Gasteiger partial charge in [0.1, 0.15) is 0 Å². The van der Waals surface area contributed by atoms with Crippen molar-refractivity contribution in [2.24, 2.45) is 5.92 Å². The number of halogens is 1. The van der Waals surface area contributed by atoms with Gasteiger partial charge in [-0.2, -0.15) is 0 Å². The first kappa shape index (κ1) is 18.6. The monoisotopic (exact) mass is 352 g/mol. The fourth-order valence-electron chi connectivity index (χ4n) is 3.49. The van der Waals surface area contributed by atoms with Crippen LogP contribution in [0.1, 0.15) is 42.1 Å². The molecule has 0 aromatic heterocycles. The second kappa shape index (κ2) is 8.38. The van der Waals surface area contributed by atoms with Crippen molar-refractivity contribution in [3.05, 3.63) is 29.3 Å². The van der Waals surface area contributed by atoms with E-state index in [0.29, 0.717) is 19.7 Å². The Morgan fingerprint density at radius 3 is 2.96 bits per heavy atom.